The van der Waals surface area contributed by atoms with Gasteiger partial charge in [-0.15, -0.1) is 0 Å². The van der Waals surface area contributed by atoms with Crippen LogP contribution in [0.1, 0.15) is 31.4 Å². The Morgan fingerprint density at radius 3 is 2.65 bits per heavy atom. The van der Waals surface area contributed by atoms with Crippen molar-refractivity contribution in [3.05, 3.63) is 35.1 Å². The van der Waals surface area contributed by atoms with E-state index in [0.29, 0.717) is 23.7 Å². The third-order valence-corrected chi connectivity index (χ3v) is 3.34. The average Bonchev–Trinajstić information content (AvgIpc) is 2.30. The van der Waals surface area contributed by atoms with Crippen LogP contribution in [-0.2, 0) is 6.54 Å². The lowest BCUT2D eigenvalue weighted by Crippen LogP contribution is -2.28. The lowest BCUT2D eigenvalue weighted by Gasteiger charge is -2.23. The van der Waals surface area contributed by atoms with Crippen LogP contribution in [0.5, 0.6) is 0 Å². The van der Waals surface area contributed by atoms with Crippen molar-refractivity contribution in [3.63, 3.8) is 0 Å². The molecule has 1 aromatic rings. The van der Waals surface area contributed by atoms with Gasteiger partial charge in [0.1, 0.15) is 10.8 Å². The van der Waals surface area contributed by atoms with E-state index >= 15 is 0 Å². The quantitative estimate of drug-likeness (QED) is 0.819. The highest BCUT2D eigenvalue weighted by molar-refractivity contribution is 7.80. The molecule has 0 fully saturated rings. The van der Waals surface area contributed by atoms with Crippen LogP contribution in [0.3, 0.4) is 0 Å². The normalized spacial score (nSPS) is 12.8. The van der Waals surface area contributed by atoms with Gasteiger partial charge < -0.3 is 5.73 Å². The largest absolute Gasteiger partial charge is 0.389 e. The Morgan fingerprint density at radius 2 is 2.18 bits per heavy atom. The van der Waals surface area contributed by atoms with Gasteiger partial charge in [0.25, 0.3) is 0 Å². The van der Waals surface area contributed by atoms with Crippen molar-refractivity contribution in [1.82, 2.24) is 4.90 Å². The van der Waals surface area contributed by atoms with Crippen LogP contribution in [-0.4, -0.2) is 23.0 Å². The third-order valence-electron chi connectivity index (χ3n) is 3.10. The number of hydrogen-bond donors (Lipinski definition) is 1. The fourth-order valence-corrected chi connectivity index (χ4v) is 1.69. The maximum atomic E-state index is 13.8. The lowest BCUT2D eigenvalue weighted by molar-refractivity contribution is 0.240. The van der Waals surface area contributed by atoms with Crippen LogP contribution in [0, 0.1) is 5.82 Å². The molecule has 4 heteroatoms. The van der Waals surface area contributed by atoms with E-state index in [-0.39, 0.29) is 10.8 Å². The molecular formula is C13H19FN2S. The molecule has 0 spiro atoms. The van der Waals surface area contributed by atoms with Crippen molar-refractivity contribution in [2.45, 2.75) is 32.9 Å². The molecule has 0 aliphatic rings. The smallest absolute Gasteiger partial charge is 0.128 e. The summed E-state index contributed by atoms with van der Waals surface area (Å²) >= 11 is 4.81. The van der Waals surface area contributed by atoms with E-state index in [1.165, 1.54) is 6.07 Å². The van der Waals surface area contributed by atoms with Crippen molar-refractivity contribution in [3.8, 4) is 0 Å². The molecule has 0 aliphatic heterocycles. The van der Waals surface area contributed by atoms with E-state index in [2.05, 4.69) is 18.7 Å². The van der Waals surface area contributed by atoms with Gasteiger partial charge in [0, 0.05) is 23.7 Å². The van der Waals surface area contributed by atoms with Gasteiger partial charge in [-0.3, -0.25) is 4.90 Å². The molecule has 0 radical (unpaired) electrons. The minimum Gasteiger partial charge on any atom is -0.389 e. The summed E-state index contributed by atoms with van der Waals surface area (Å²) in [5.41, 5.74) is 6.71. The zero-order chi connectivity index (χ0) is 13.0. The fraction of sp³-hybridized carbons (Fsp3) is 0.462. The van der Waals surface area contributed by atoms with E-state index < -0.39 is 0 Å². The van der Waals surface area contributed by atoms with E-state index in [0.717, 1.165) is 6.42 Å². The van der Waals surface area contributed by atoms with Crippen molar-refractivity contribution in [2.24, 2.45) is 5.73 Å². The number of halogens is 1. The zero-order valence-corrected chi connectivity index (χ0v) is 11.4. The topological polar surface area (TPSA) is 29.3 Å². The molecule has 1 unspecified atom stereocenters. The van der Waals surface area contributed by atoms with Gasteiger partial charge in [0.15, 0.2) is 0 Å². The maximum absolute atomic E-state index is 13.8. The monoisotopic (exact) mass is 254 g/mol. The second-order valence-electron chi connectivity index (χ2n) is 4.34. The molecule has 0 saturated carbocycles. The van der Waals surface area contributed by atoms with Gasteiger partial charge in [0.2, 0.25) is 0 Å². The molecule has 0 saturated heterocycles. The highest BCUT2D eigenvalue weighted by Gasteiger charge is 2.11. The average molecular weight is 254 g/mol. The van der Waals surface area contributed by atoms with E-state index in [9.17, 15) is 4.39 Å². The number of hydrogen-bond acceptors (Lipinski definition) is 2. The van der Waals surface area contributed by atoms with Crippen molar-refractivity contribution in [2.75, 3.05) is 7.05 Å². The van der Waals surface area contributed by atoms with Crippen molar-refractivity contribution in [1.29, 1.82) is 0 Å². The molecular weight excluding hydrogens is 235 g/mol. The number of nitrogens with zero attached hydrogens (tertiary/aromatic N) is 1. The van der Waals surface area contributed by atoms with Gasteiger partial charge in [-0.05, 0) is 26.5 Å². The summed E-state index contributed by atoms with van der Waals surface area (Å²) in [7, 11) is 2.00. The van der Waals surface area contributed by atoms with Gasteiger partial charge in [-0.25, -0.2) is 4.39 Å². The highest BCUT2D eigenvalue weighted by atomic mass is 32.1. The molecule has 0 amide bonds. The number of nitrogens with two attached hydrogens (primary N) is 1. The summed E-state index contributed by atoms with van der Waals surface area (Å²) < 4.78 is 13.8. The lowest BCUT2D eigenvalue weighted by atomic mass is 10.1. The molecule has 0 aliphatic carbocycles. The van der Waals surface area contributed by atoms with Crippen molar-refractivity contribution < 1.29 is 4.39 Å². The molecule has 17 heavy (non-hydrogen) atoms. The molecule has 94 valence electrons. The Bertz CT molecular complexity index is 406. The van der Waals surface area contributed by atoms with Crippen LogP contribution >= 0.6 is 12.2 Å². The Hall–Kier alpha value is -1.00. The minimum absolute atomic E-state index is 0.228. The SMILES string of the molecule is CCC(C)N(C)Cc1ccc(C(N)=S)cc1F. The van der Waals surface area contributed by atoms with Crippen LogP contribution in [0.4, 0.5) is 4.39 Å². The summed E-state index contributed by atoms with van der Waals surface area (Å²) in [6.07, 6.45) is 1.04. The van der Waals surface area contributed by atoms with Crippen LogP contribution in [0.15, 0.2) is 18.2 Å². The van der Waals surface area contributed by atoms with Crippen LogP contribution < -0.4 is 5.73 Å². The summed E-state index contributed by atoms with van der Waals surface area (Å²) in [4.78, 5) is 2.35. The van der Waals surface area contributed by atoms with E-state index in [4.69, 9.17) is 18.0 Å². The van der Waals surface area contributed by atoms with E-state index in [1.807, 2.05) is 7.05 Å². The first-order chi connectivity index (χ1) is 7.95. The molecule has 2 nitrogen and oxygen atoms in total. The van der Waals surface area contributed by atoms with Gasteiger partial charge in [0.05, 0.1) is 0 Å². The van der Waals surface area contributed by atoms with Gasteiger partial charge >= 0.3 is 0 Å². The standard InChI is InChI=1S/C13H19FN2S/c1-4-9(2)16(3)8-11-6-5-10(13(15)17)7-12(11)14/h5-7,9H,4,8H2,1-3H3,(H2,15,17). The first kappa shape index (κ1) is 14.1. The molecule has 1 rings (SSSR count). The van der Waals surface area contributed by atoms with Crippen LogP contribution in [0.25, 0.3) is 0 Å². The van der Waals surface area contributed by atoms with Crippen molar-refractivity contribution >= 4 is 17.2 Å². The predicted octanol–water partition coefficient (Wildman–Crippen LogP) is 2.69. The van der Waals surface area contributed by atoms with E-state index in [1.54, 1.807) is 12.1 Å². The summed E-state index contributed by atoms with van der Waals surface area (Å²) in [5, 5.41) is 0. The molecule has 2 N–H and O–H groups in total. The molecule has 0 bridgehead atoms. The third kappa shape index (κ3) is 3.75. The molecule has 1 atom stereocenters. The Balaban J connectivity index is 2.82. The molecule has 1 aromatic carbocycles. The van der Waals surface area contributed by atoms with Crippen LogP contribution in [0.2, 0.25) is 0 Å². The number of rotatable bonds is 5. The number of thiocarbonyl (C=S) groups is 1. The second-order valence-corrected chi connectivity index (χ2v) is 4.78. The minimum atomic E-state index is -0.245. The molecule has 0 aromatic heterocycles. The summed E-state index contributed by atoms with van der Waals surface area (Å²) in [5.74, 6) is -0.245. The highest BCUT2D eigenvalue weighted by Crippen LogP contribution is 2.14. The fourth-order valence-electron chi connectivity index (χ4n) is 1.57. The first-order valence-corrected chi connectivity index (χ1v) is 6.15. The van der Waals surface area contributed by atoms with Gasteiger partial charge in [-0.1, -0.05) is 31.3 Å². The summed E-state index contributed by atoms with van der Waals surface area (Å²) in [6.45, 7) is 4.84. The van der Waals surface area contributed by atoms with Gasteiger partial charge in [-0.2, -0.15) is 0 Å². The zero-order valence-electron chi connectivity index (χ0n) is 10.5. The number of benzene rings is 1. The Kier molecular flexibility index (Phi) is 5.02. The first-order valence-electron chi connectivity index (χ1n) is 5.74. The second kappa shape index (κ2) is 6.07. The Morgan fingerprint density at radius 1 is 1.53 bits per heavy atom. The molecule has 0 heterocycles. The summed E-state index contributed by atoms with van der Waals surface area (Å²) in [6, 6.07) is 5.36. The maximum Gasteiger partial charge on any atom is 0.128 e. The predicted molar refractivity (Wildman–Crippen MR) is 73.5 cm³/mol. The Labute approximate surface area is 108 Å².